The summed E-state index contributed by atoms with van der Waals surface area (Å²) in [6.07, 6.45) is 2.74. The number of rotatable bonds is 8. The maximum Gasteiger partial charge on any atom is 0.414 e. The van der Waals surface area contributed by atoms with Gasteiger partial charge in [0.1, 0.15) is 12.4 Å². The van der Waals surface area contributed by atoms with Gasteiger partial charge in [0.2, 0.25) is 0 Å². The summed E-state index contributed by atoms with van der Waals surface area (Å²) in [5.41, 5.74) is 2.48. The van der Waals surface area contributed by atoms with E-state index in [0.29, 0.717) is 6.61 Å². The Morgan fingerprint density at radius 1 is 1.00 bits per heavy atom. The zero-order chi connectivity index (χ0) is 19.2. The van der Waals surface area contributed by atoms with Crippen molar-refractivity contribution >= 4 is 11.9 Å². The molecule has 6 nitrogen and oxygen atoms in total. The van der Waals surface area contributed by atoms with Gasteiger partial charge in [-0.15, -0.1) is 6.58 Å². The molecule has 0 aliphatic carbocycles. The van der Waals surface area contributed by atoms with Crippen molar-refractivity contribution in [2.45, 2.75) is 13.0 Å². The van der Waals surface area contributed by atoms with Gasteiger partial charge in [-0.2, -0.15) is 0 Å². The first-order valence-corrected chi connectivity index (χ1v) is 8.07. The number of hydrogen-bond acceptors (Lipinski definition) is 4. The first-order chi connectivity index (χ1) is 12.5. The average molecular weight is 357 g/mol. The first-order valence-electron chi connectivity index (χ1n) is 8.07. The minimum atomic E-state index is -1.82. The molecule has 0 saturated heterocycles. The molecular weight excluding hydrogens is 334 g/mol. The Balaban J connectivity index is 0.000000487. The maximum atomic E-state index is 9.10. The SMILES string of the molecule is C=CCc1ccccc1OCCNCc1ccccc1.O=C(O)C(=O)O. The second-order valence-corrected chi connectivity index (χ2v) is 5.22. The van der Waals surface area contributed by atoms with Crippen LogP contribution in [0.15, 0.2) is 67.3 Å². The predicted octanol–water partition coefficient (Wildman–Crippen LogP) is 2.74. The number of carboxylic acids is 2. The topological polar surface area (TPSA) is 95.9 Å². The summed E-state index contributed by atoms with van der Waals surface area (Å²) in [5, 5.41) is 18.2. The summed E-state index contributed by atoms with van der Waals surface area (Å²) >= 11 is 0. The Morgan fingerprint density at radius 3 is 2.23 bits per heavy atom. The van der Waals surface area contributed by atoms with Gasteiger partial charge in [0, 0.05) is 13.1 Å². The molecule has 0 bridgehead atoms. The molecule has 2 rings (SSSR count). The molecule has 3 N–H and O–H groups in total. The minimum Gasteiger partial charge on any atom is -0.492 e. The van der Waals surface area contributed by atoms with Crippen LogP contribution in [-0.2, 0) is 22.6 Å². The van der Waals surface area contributed by atoms with E-state index in [-0.39, 0.29) is 0 Å². The Morgan fingerprint density at radius 2 is 1.62 bits per heavy atom. The van der Waals surface area contributed by atoms with Gasteiger partial charge < -0.3 is 20.3 Å². The van der Waals surface area contributed by atoms with Crippen molar-refractivity contribution in [3.05, 3.63) is 78.4 Å². The molecule has 6 heteroatoms. The molecular formula is C20H23NO5. The largest absolute Gasteiger partial charge is 0.492 e. The molecule has 0 aliphatic rings. The fraction of sp³-hybridized carbons (Fsp3) is 0.200. The highest BCUT2D eigenvalue weighted by Crippen LogP contribution is 2.18. The van der Waals surface area contributed by atoms with Gasteiger partial charge in [-0.3, -0.25) is 0 Å². The summed E-state index contributed by atoms with van der Waals surface area (Å²) in [6.45, 7) is 6.14. The standard InChI is InChI=1S/C18H21NO.C2H2O4/c1-2-8-17-11-6-7-12-18(17)20-14-13-19-15-16-9-4-3-5-10-16;3-1(4)2(5)6/h2-7,9-12,19H,1,8,13-15H2;(H,3,4)(H,5,6). The summed E-state index contributed by atoms with van der Waals surface area (Å²) in [5.74, 6) is -2.70. The summed E-state index contributed by atoms with van der Waals surface area (Å²) in [6, 6.07) is 18.5. The van der Waals surface area contributed by atoms with Crippen LogP contribution in [0.2, 0.25) is 0 Å². The molecule has 0 unspecified atom stereocenters. The number of hydrogen-bond donors (Lipinski definition) is 3. The van der Waals surface area contributed by atoms with Gasteiger partial charge in [0.05, 0.1) is 0 Å². The summed E-state index contributed by atoms with van der Waals surface area (Å²) in [7, 11) is 0. The van der Waals surface area contributed by atoms with E-state index in [9.17, 15) is 0 Å². The van der Waals surface area contributed by atoms with Crippen LogP contribution in [0, 0.1) is 0 Å². The Hall–Kier alpha value is -3.12. The molecule has 0 saturated carbocycles. The van der Waals surface area contributed by atoms with E-state index >= 15 is 0 Å². The molecule has 0 heterocycles. The molecule has 0 amide bonds. The number of nitrogens with one attached hydrogen (secondary N) is 1. The van der Waals surface area contributed by atoms with Crippen LogP contribution < -0.4 is 10.1 Å². The van der Waals surface area contributed by atoms with Crippen LogP contribution in [0.1, 0.15) is 11.1 Å². The van der Waals surface area contributed by atoms with Crippen LogP contribution in [0.4, 0.5) is 0 Å². The Kier molecular flexibility index (Phi) is 9.88. The lowest BCUT2D eigenvalue weighted by molar-refractivity contribution is -0.159. The second kappa shape index (κ2) is 12.3. The van der Waals surface area contributed by atoms with Crippen LogP contribution in [0.3, 0.4) is 0 Å². The molecule has 0 spiro atoms. The van der Waals surface area contributed by atoms with Crippen molar-refractivity contribution in [3.8, 4) is 5.75 Å². The monoisotopic (exact) mass is 357 g/mol. The molecule has 0 radical (unpaired) electrons. The first kappa shape index (κ1) is 20.9. The average Bonchev–Trinajstić information content (AvgIpc) is 2.64. The van der Waals surface area contributed by atoms with E-state index in [1.165, 1.54) is 11.1 Å². The number of aliphatic carboxylic acids is 2. The molecule has 2 aromatic carbocycles. The minimum absolute atomic E-state index is 0.668. The fourth-order valence-electron chi connectivity index (χ4n) is 2.03. The third kappa shape index (κ3) is 8.65. The Bertz CT molecular complexity index is 688. The lowest BCUT2D eigenvalue weighted by Gasteiger charge is -2.11. The normalized spacial score (nSPS) is 9.54. The summed E-state index contributed by atoms with van der Waals surface area (Å²) in [4.78, 5) is 18.2. The number of ether oxygens (including phenoxy) is 1. The van der Waals surface area contributed by atoms with Crippen molar-refractivity contribution in [3.63, 3.8) is 0 Å². The lowest BCUT2D eigenvalue weighted by atomic mass is 10.1. The van der Waals surface area contributed by atoms with Crippen LogP contribution in [-0.4, -0.2) is 35.3 Å². The molecule has 2 aromatic rings. The third-order valence-electron chi connectivity index (χ3n) is 3.23. The molecule has 0 fully saturated rings. The van der Waals surface area contributed by atoms with E-state index in [0.717, 1.165) is 25.3 Å². The van der Waals surface area contributed by atoms with Crippen molar-refractivity contribution in [2.75, 3.05) is 13.2 Å². The van der Waals surface area contributed by atoms with Crippen LogP contribution >= 0.6 is 0 Å². The number of allylic oxidation sites excluding steroid dienone is 1. The highest BCUT2D eigenvalue weighted by molar-refractivity contribution is 6.27. The maximum absolute atomic E-state index is 9.10. The van der Waals surface area contributed by atoms with Crippen molar-refractivity contribution in [1.29, 1.82) is 0 Å². The molecule has 0 atom stereocenters. The zero-order valence-electron chi connectivity index (χ0n) is 14.4. The summed E-state index contributed by atoms with van der Waals surface area (Å²) < 4.78 is 5.82. The quantitative estimate of drug-likeness (QED) is 0.382. The van der Waals surface area contributed by atoms with Crippen molar-refractivity contribution in [2.24, 2.45) is 0 Å². The van der Waals surface area contributed by atoms with Crippen molar-refractivity contribution in [1.82, 2.24) is 5.32 Å². The number of carboxylic acid groups (broad SMARTS) is 2. The van der Waals surface area contributed by atoms with E-state index in [4.69, 9.17) is 24.5 Å². The second-order valence-electron chi connectivity index (χ2n) is 5.22. The van der Waals surface area contributed by atoms with Gasteiger partial charge in [-0.05, 0) is 23.6 Å². The zero-order valence-corrected chi connectivity index (χ0v) is 14.4. The number of carbonyl (C=O) groups is 2. The van der Waals surface area contributed by atoms with Gasteiger partial charge in [0.15, 0.2) is 0 Å². The van der Waals surface area contributed by atoms with Crippen molar-refractivity contribution < 1.29 is 24.5 Å². The van der Waals surface area contributed by atoms with Gasteiger partial charge in [-0.1, -0.05) is 54.6 Å². The molecule has 0 aromatic heterocycles. The molecule has 26 heavy (non-hydrogen) atoms. The number of para-hydroxylation sites is 1. The van der Waals surface area contributed by atoms with E-state index < -0.39 is 11.9 Å². The number of benzene rings is 2. The Labute approximate surface area is 152 Å². The van der Waals surface area contributed by atoms with Crippen LogP contribution in [0.25, 0.3) is 0 Å². The molecule has 0 aliphatic heterocycles. The van der Waals surface area contributed by atoms with Gasteiger partial charge in [-0.25, -0.2) is 9.59 Å². The predicted molar refractivity (Wildman–Crippen MR) is 99.3 cm³/mol. The van der Waals surface area contributed by atoms with E-state index in [1.807, 2.05) is 30.3 Å². The lowest BCUT2D eigenvalue weighted by Crippen LogP contribution is -2.20. The molecule has 138 valence electrons. The van der Waals surface area contributed by atoms with Crippen LogP contribution in [0.5, 0.6) is 5.75 Å². The third-order valence-corrected chi connectivity index (χ3v) is 3.23. The smallest absolute Gasteiger partial charge is 0.414 e. The van der Waals surface area contributed by atoms with Gasteiger partial charge >= 0.3 is 11.9 Å². The highest BCUT2D eigenvalue weighted by atomic mass is 16.5. The fourth-order valence-corrected chi connectivity index (χ4v) is 2.03. The van der Waals surface area contributed by atoms with E-state index in [1.54, 1.807) is 0 Å². The van der Waals surface area contributed by atoms with Gasteiger partial charge in [0.25, 0.3) is 0 Å². The highest BCUT2D eigenvalue weighted by Gasteiger charge is 2.04. The van der Waals surface area contributed by atoms with E-state index in [2.05, 4.69) is 42.2 Å².